The second kappa shape index (κ2) is 8.14. The number of carbonyl (C=O) groups excluding carboxylic acids is 2. The molecule has 6 heteroatoms. The Kier molecular flexibility index (Phi) is 5.47. The highest BCUT2D eigenvalue weighted by Crippen LogP contribution is 2.22. The SMILES string of the molecule is COC(=O)c1ccccc1Nc1ccnc(C(=O)Nc2ccc(C)cc2)c1. The predicted molar refractivity (Wildman–Crippen MR) is 104 cm³/mol. The number of pyridine rings is 1. The van der Waals surface area contributed by atoms with Crippen molar-refractivity contribution in [2.24, 2.45) is 0 Å². The quantitative estimate of drug-likeness (QED) is 0.667. The van der Waals surface area contributed by atoms with Crippen LogP contribution in [-0.2, 0) is 4.74 Å². The van der Waals surface area contributed by atoms with Gasteiger partial charge in [0.15, 0.2) is 0 Å². The van der Waals surface area contributed by atoms with Crippen molar-refractivity contribution >= 4 is 28.9 Å². The van der Waals surface area contributed by atoms with Crippen LogP contribution in [0.3, 0.4) is 0 Å². The lowest BCUT2D eigenvalue weighted by Gasteiger charge is -2.11. The molecule has 0 unspecified atom stereocenters. The van der Waals surface area contributed by atoms with E-state index in [2.05, 4.69) is 15.6 Å². The largest absolute Gasteiger partial charge is 0.465 e. The number of nitrogens with one attached hydrogen (secondary N) is 2. The maximum atomic E-state index is 12.4. The monoisotopic (exact) mass is 361 g/mol. The molecule has 0 saturated carbocycles. The van der Waals surface area contributed by atoms with Gasteiger partial charge < -0.3 is 15.4 Å². The topological polar surface area (TPSA) is 80.3 Å². The van der Waals surface area contributed by atoms with Gasteiger partial charge in [0.05, 0.1) is 18.4 Å². The Bertz CT molecular complexity index is 968. The Hall–Kier alpha value is -3.67. The summed E-state index contributed by atoms with van der Waals surface area (Å²) in [5.74, 6) is -0.756. The predicted octanol–water partition coefficient (Wildman–Crippen LogP) is 4.17. The molecule has 1 heterocycles. The van der Waals surface area contributed by atoms with Crippen LogP contribution in [-0.4, -0.2) is 24.0 Å². The van der Waals surface area contributed by atoms with Crippen molar-refractivity contribution in [3.63, 3.8) is 0 Å². The number of benzene rings is 2. The number of carbonyl (C=O) groups is 2. The van der Waals surface area contributed by atoms with Gasteiger partial charge in [0.2, 0.25) is 0 Å². The molecule has 1 aromatic heterocycles. The van der Waals surface area contributed by atoms with Gasteiger partial charge in [-0.05, 0) is 43.3 Å². The van der Waals surface area contributed by atoms with Gasteiger partial charge in [-0.3, -0.25) is 9.78 Å². The average Bonchev–Trinajstić information content (AvgIpc) is 2.70. The highest BCUT2D eigenvalue weighted by molar-refractivity contribution is 6.03. The standard InChI is InChI=1S/C21H19N3O3/c1-14-7-9-15(10-8-14)24-20(25)19-13-16(11-12-22-19)23-18-6-4-3-5-17(18)21(26)27-2/h3-13H,1-2H3,(H,22,23)(H,24,25). The van der Waals surface area contributed by atoms with Crippen LogP contribution in [0, 0.1) is 6.92 Å². The minimum Gasteiger partial charge on any atom is -0.465 e. The van der Waals surface area contributed by atoms with Gasteiger partial charge >= 0.3 is 5.97 Å². The molecular weight excluding hydrogens is 342 g/mol. The first kappa shape index (κ1) is 18.1. The number of methoxy groups -OCH3 is 1. The lowest BCUT2D eigenvalue weighted by Crippen LogP contribution is -2.14. The lowest BCUT2D eigenvalue weighted by atomic mass is 10.1. The van der Waals surface area contributed by atoms with Crippen LogP contribution < -0.4 is 10.6 Å². The second-order valence-electron chi connectivity index (χ2n) is 5.91. The first-order valence-corrected chi connectivity index (χ1v) is 8.35. The van der Waals surface area contributed by atoms with Crippen LogP contribution in [0.25, 0.3) is 0 Å². The summed E-state index contributed by atoms with van der Waals surface area (Å²) in [6, 6.07) is 17.8. The van der Waals surface area contributed by atoms with E-state index < -0.39 is 5.97 Å². The van der Waals surface area contributed by atoms with Crippen molar-refractivity contribution in [2.75, 3.05) is 17.7 Å². The summed E-state index contributed by atoms with van der Waals surface area (Å²) in [5, 5.41) is 5.95. The minimum atomic E-state index is -0.440. The zero-order chi connectivity index (χ0) is 19.2. The Morgan fingerprint density at radius 1 is 0.963 bits per heavy atom. The van der Waals surface area contributed by atoms with Crippen molar-refractivity contribution in [3.8, 4) is 0 Å². The third-order valence-corrected chi connectivity index (χ3v) is 3.91. The van der Waals surface area contributed by atoms with Crippen LogP contribution in [0.1, 0.15) is 26.4 Å². The van der Waals surface area contributed by atoms with Crippen molar-refractivity contribution in [1.82, 2.24) is 4.98 Å². The Morgan fingerprint density at radius 3 is 2.44 bits per heavy atom. The fraction of sp³-hybridized carbons (Fsp3) is 0.0952. The molecule has 0 bridgehead atoms. The number of aryl methyl sites for hydroxylation is 1. The number of rotatable bonds is 5. The number of hydrogen-bond acceptors (Lipinski definition) is 5. The molecule has 136 valence electrons. The number of amides is 1. The summed E-state index contributed by atoms with van der Waals surface area (Å²) in [6.45, 7) is 1.98. The maximum Gasteiger partial charge on any atom is 0.339 e. The summed E-state index contributed by atoms with van der Waals surface area (Å²) >= 11 is 0. The van der Waals surface area contributed by atoms with Crippen molar-refractivity contribution in [3.05, 3.63) is 83.7 Å². The Morgan fingerprint density at radius 2 is 1.70 bits per heavy atom. The van der Waals surface area contributed by atoms with Crippen molar-refractivity contribution in [1.29, 1.82) is 0 Å². The normalized spacial score (nSPS) is 10.1. The molecule has 0 saturated heterocycles. The molecule has 0 radical (unpaired) electrons. The highest BCUT2D eigenvalue weighted by Gasteiger charge is 2.13. The molecule has 0 aliphatic rings. The molecule has 3 rings (SSSR count). The summed E-state index contributed by atoms with van der Waals surface area (Å²) < 4.78 is 4.80. The van der Waals surface area contributed by atoms with Gasteiger partial charge in [0.25, 0.3) is 5.91 Å². The van der Waals surface area contributed by atoms with E-state index in [1.807, 2.05) is 31.2 Å². The van der Waals surface area contributed by atoms with Gasteiger partial charge in [-0.15, -0.1) is 0 Å². The van der Waals surface area contributed by atoms with Gasteiger partial charge in [0, 0.05) is 17.6 Å². The molecule has 27 heavy (non-hydrogen) atoms. The van der Waals surface area contributed by atoms with Crippen LogP contribution in [0.4, 0.5) is 17.1 Å². The van der Waals surface area contributed by atoms with Crippen LogP contribution in [0.5, 0.6) is 0 Å². The van der Waals surface area contributed by atoms with Crippen LogP contribution >= 0.6 is 0 Å². The molecule has 3 aromatic rings. The van der Waals surface area contributed by atoms with Crippen LogP contribution in [0.15, 0.2) is 66.9 Å². The molecule has 0 spiro atoms. The zero-order valence-corrected chi connectivity index (χ0v) is 15.0. The first-order chi connectivity index (χ1) is 13.1. The van der Waals surface area contributed by atoms with Gasteiger partial charge in [-0.2, -0.15) is 0 Å². The molecule has 1 amide bonds. The number of anilines is 3. The number of para-hydroxylation sites is 1. The van der Waals surface area contributed by atoms with E-state index in [0.717, 1.165) is 5.56 Å². The number of esters is 1. The lowest BCUT2D eigenvalue weighted by molar-refractivity contribution is 0.0601. The second-order valence-corrected chi connectivity index (χ2v) is 5.91. The minimum absolute atomic E-state index is 0.260. The summed E-state index contributed by atoms with van der Waals surface area (Å²) in [4.78, 5) is 28.5. The van der Waals surface area contributed by atoms with Crippen molar-refractivity contribution in [2.45, 2.75) is 6.92 Å². The van der Waals surface area contributed by atoms with Crippen molar-refractivity contribution < 1.29 is 14.3 Å². The third kappa shape index (κ3) is 4.49. The Labute approximate surface area is 157 Å². The van der Waals surface area contributed by atoms with E-state index >= 15 is 0 Å². The molecule has 2 N–H and O–H groups in total. The van der Waals surface area contributed by atoms with E-state index in [1.165, 1.54) is 13.3 Å². The number of aromatic nitrogens is 1. The van der Waals surface area contributed by atoms with E-state index in [4.69, 9.17) is 4.74 Å². The third-order valence-electron chi connectivity index (χ3n) is 3.91. The smallest absolute Gasteiger partial charge is 0.339 e. The van der Waals surface area contributed by atoms with E-state index in [0.29, 0.717) is 22.6 Å². The summed E-state index contributed by atoms with van der Waals surface area (Å²) in [6.07, 6.45) is 1.53. The molecule has 0 aliphatic heterocycles. The number of hydrogen-bond donors (Lipinski definition) is 2. The van der Waals surface area contributed by atoms with E-state index in [1.54, 1.807) is 36.4 Å². The fourth-order valence-electron chi connectivity index (χ4n) is 2.50. The maximum absolute atomic E-state index is 12.4. The van der Waals surface area contributed by atoms with Gasteiger partial charge in [-0.25, -0.2) is 4.79 Å². The van der Waals surface area contributed by atoms with E-state index in [9.17, 15) is 9.59 Å². The molecule has 2 aromatic carbocycles. The summed E-state index contributed by atoms with van der Waals surface area (Å²) in [7, 11) is 1.33. The Balaban J connectivity index is 1.79. The first-order valence-electron chi connectivity index (χ1n) is 8.35. The van der Waals surface area contributed by atoms with Gasteiger partial charge in [0.1, 0.15) is 5.69 Å². The summed E-state index contributed by atoms with van der Waals surface area (Å²) in [5.41, 5.74) is 3.69. The number of nitrogens with zero attached hydrogens (tertiary/aromatic N) is 1. The average molecular weight is 361 g/mol. The van der Waals surface area contributed by atoms with E-state index in [-0.39, 0.29) is 11.6 Å². The number of ether oxygens (including phenoxy) is 1. The molecule has 0 atom stereocenters. The van der Waals surface area contributed by atoms with Crippen LogP contribution in [0.2, 0.25) is 0 Å². The molecule has 6 nitrogen and oxygen atoms in total. The molecule has 0 fully saturated rings. The van der Waals surface area contributed by atoms with Gasteiger partial charge in [-0.1, -0.05) is 29.8 Å². The zero-order valence-electron chi connectivity index (χ0n) is 15.0. The molecule has 0 aliphatic carbocycles. The highest BCUT2D eigenvalue weighted by atomic mass is 16.5. The fourth-order valence-corrected chi connectivity index (χ4v) is 2.50. The molecular formula is C21H19N3O3.